The average molecular weight is 342 g/mol. The van der Waals surface area contributed by atoms with Crippen LogP contribution < -0.4 is 15.9 Å². The first kappa shape index (κ1) is 15.9. The van der Waals surface area contributed by atoms with Crippen LogP contribution in [0.1, 0.15) is 5.56 Å². The molecule has 2 heteroatoms. The summed E-state index contributed by atoms with van der Waals surface area (Å²) in [7, 11) is -2.92. The van der Waals surface area contributed by atoms with Crippen molar-refractivity contribution < 1.29 is 4.57 Å². The molecule has 0 N–H and O–H groups in total. The third-order valence-electron chi connectivity index (χ3n) is 4.67. The largest absolute Gasteiger partial charge is 0.309 e. The normalized spacial score (nSPS) is 13.5. The van der Waals surface area contributed by atoms with E-state index in [0.717, 1.165) is 32.2 Å². The number of benzene rings is 4. The van der Waals surface area contributed by atoms with E-state index in [1.807, 2.05) is 79.7 Å². The maximum atomic E-state index is 14.5. The first-order valence-corrected chi connectivity index (χ1v) is 10.1. The van der Waals surface area contributed by atoms with Gasteiger partial charge in [0.1, 0.15) is 0 Å². The van der Waals surface area contributed by atoms with Gasteiger partial charge in [0, 0.05) is 15.9 Å². The molecule has 0 aliphatic heterocycles. The van der Waals surface area contributed by atoms with Crippen molar-refractivity contribution in [3.8, 4) is 0 Å². The lowest BCUT2D eigenvalue weighted by Crippen LogP contribution is -2.26. The van der Waals surface area contributed by atoms with Gasteiger partial charge in [-0.3, -0.25) is 0 Å². The van der Waals surface area contributed by atoms with Gasteiger partial charge in [0.05, 0.1) is 0 Å². The van der Waals surface area contributed by atoms with E-state index in [2.05, 4.69) is 24.3 Å². The van der Waals surface area contributed by atoms with Gasteiger partial charge in [-0.1, -0.05) is 91.0 Å². The molecule has 0 unspecified atom stereocenters. The van der Waals surface area contributed by atoms with Gasteiger partial charge >= 0.3 is 0 Å². The van der Waals surface area contributed by atoms with Crippen molar-refractivity contribution in [1.29, 1.82) is 0 Å². The molecule has 0 aromatic heterocycles. The summed E-state index contributed by atoms with van der Waals surface area (Å²) < 4.78 is 14.5. The third kappa shape index (κ3) is 2.71. The lowest BCUT2D eigenvalue weighted by atomic mass is 10.1. The molecule has 122 valence electrons. The fourth-order valence-electron chi connectivity index (χ4n) is 3.35. The smallest absolute Gasteiger partial charge is 0.171 e. The van der Waals surface area contributed by atoms with Crippen LogP contribution in [0.5, 0.6) is 0 Å². The van der Waals surface area contributed by atoms with Crippen molar-refractivity contribution in [2.45, 2.75) is 6.92 Å². The van der Waals surface area contributed by atoms with Crippen LogP contribution in [0.4, 0.5) is 0 Å². The molecule has 0 spiro atoms. The lowest BCUT2D eigenvalue weighted by molar-refractivity contribution is 0.592. The quantitative estimate of drug-likeness (QED) is 0.489. The van der Waals surface area contributed by atoms with Crippen LogP contribution in [0.15, 0.2) is 97.1 Å². The molecule has 0 saturated heterocycles. The highest BCUT2D eigenvalue weighted by molar-refractivity contribution is 7.85. The standard InChI is InChI=1S/C23H19OP/c1-18-9-5-8-14-23(18)25(24,21-12-3-2-4-13-21)22-16-15-19-10-6-7-11-20(19)17-22/h2-17H,1H3/t25-/m1/s1. The minimum atomic E-state index is -2.92. The molecule has 0 aliphatic carbocycles. The van der Waals surface area contributed by atoms with E-state index >= 15 is 0 Å². The van der Waals surface area contributed by atoms with Crippen LogP contribution in [0, 0.1) is 6.92 Å². The van der Waals surface area contributed by atoms with Gasteiger partial charge in [0.15, 0.2) is 7.14 Å². The second kappa shape index (κ2) is 6.35. The van der Waals surface area contributed by atoms with Crippen LogP contribution in [0.25, 0.3) is 10.8 Å². The van der Waals surface area contributed by atoms with Crippen molar-refractivity contribution >= 4 is 33.8 Å². The Balaban J connectivity index is 2.04. The fraction of sp³-hybridized carbons (Fsp3) is 0.0435. The number of rotatable bonds is 3. The Labute approximate surface area is 148 Å². The Morgan fingerprint density at radius 3 is 2.00 bits per heavy atom. The SMILES string of the molecule is Cc1ccccc1[P@@](=O)(c1ccccc1)c1ccc2ccccc2c1. The predicted molar refractivity (Wildman–Crippen MR) is 108 cm³/mol. The van der Waals surface area contributed by atoms with Gasteiger partial charge in [0.25, 0.3) is 0 Å². The molecule has 25 heavy (non-hydrogen) atoms. The summed E-state index contributed by atoms with van der Waals surface area (Å²) in [4.78, 5) is 0. The minimum Gasteiger partial charge on any atom is -0.309 e. The molecule has 0 amide bonds. The van der Waals surface area contributed by atoms with Gasteiger partial charge in [-0.15, -0.1) is 0 Å². The van der Waals surface area contributed by atoms with E-state index in [0.29, 0.717) is 0 Å². The fourth-order valence-corrected chi connectivity index (χ4v) is 6.27. The molecule has 0 heterocycles. The molecule has 0 aliphatic rings. The molecular weight excluding hydrogens is 323 g/mol. The van der Waals surface area contributed by atoms with E-state index in [-0.39, 0.29) is 0 Å². The monoisotopic (exact) mass is 342 g/mol. The summed E-state index contributed by atoms with van der Waals surface area (Å²) in [5.74, 6) is 0. The summed E-state index contributed by atoms with van der Waals surface area (Å²) in [6, 6.07) is 32.2. The minimum absolute atomic E-state index is 0.875. The molecule has 4 aromatic carbocycles. The Kier molecular flexibility index (Phi) is 4.03. The van der Waals surface area contributed by atoms with Crippen molar-refractivity contribution in [2.75, 3.05) is 0 Å². The second-order valence-electron chi connectivity index (χ2n) is 6.26. The molecule has 4 rings (SSSR count). The summed E-state index contributed by atoms with van der Waals surface area (Å²) in [5.41, 5.74) is 1.06. The molecule has 4 aromatic rings. The van der Waals surface area contributed by atoms with Crippen molar-refractivity contribution in [2.24, 2.45) is 0 Å². The van der Waals surface area contributed by atoms with Gasteiger partial charge in [-0.2, -0.15) is 0 Å². The van der Waals surface area contributed by atoms with Crippen molar-refractivity contribution in [1.82, 2.24) is 0 Å². The topological polar surface area (TPSA) is 17.1 Å². The molecule has 0 radical (unpaired) electrons. The van der Waals surface area contributed by atoms with Gasteiger partial charge in [-0.25, -0.2) is 0 Å². The number of hydrogen-bond donors (Lipinski definition) is 0. The van der Waals surface area contributed by atoms with E-state index in [9.17, 15) is 4.57 Å². The Morgan fingerprint density at radius 1 is 0.600 bits per heavy atom. The molecular formula is C23H19OP. The molecule has 0 saturated carbocycles. The Bertz CT molecular complexity index is 1080. The molecule has 1 nitrogen and oxygen atoms in total. The van der Waals surface area contributed by atoms with E-state index in [1.54, 1.807) is 0 Å². The van der Waals surface area contributed by atoms with Crippen LogP contribution in [0.2, 0.25) is 0 Å². The first-order valence-electron chi connectivity index (χ1n) is 8.41. The zero-order valence-corrected chi connectivity index (χ0v) is 15.0. The average Bonchev–Trinajstić information content (AvgIpc) is 2.68. The number of hydrogen-bond acceptors (Lipinski definition) is 1. The molecule has 0 bridgehead atoms. The number of fused-ring (bicyclic) bond motifs is 1. The summed E-state index contributed by atoms with van der Waals surface area (Å²) in [6.07, 6.45) is 0. The predicted octanol–water partition coefficient (Wildman–Crippen LogP) is 4.79. The summed E-state index contributed by atoms with van der Waals surface area (Å²) >= 11 is 0. The zero-order chi connectivity index (χ0) is 17.3. The first-order chi connectivity index (χ1) is 12.2. The van der Waals surface area contributed by atoms with Gasteiger partial charge in [-0.05, 0) is 29.3 Å². The molecule has 0 fully saturated rings. The van der Waals surface area contributed by atoms with Crippen LogP contribution in [-0.2, 0) is 4.57 Å². The van der Waals surface area contributed by atoms with Crippen molar-refractivity contribution in [3.05, 3.63) is 103 Å². The maximum absolute atomic E-state index is 14.5. The van der Waals surface area contributed by atoms with E-state index in [4.69, 9.17) is 0 Å². The molecule has 1 atom stereocenters. The summed E-state index contributed by atoms with van der Waals surface area (Å²) in [6.45, 7) is 2.03. The van der Waals surface area contributed by atoms with Crippen LogP contribution >= 0.6 is 7.14 Å². The highest BCUT2D eigenvalue weighted by atomic mass is 31.2. The Morgan fingerprint density at radius 2 is 1.24 bits per heavy atom. The number of aryl methyl sites for hydroxylation is 1. The highest BCUT2D eigenvalue weighted by Crippen LogP contribution is 2.43. The van der Waals surface area contributed by atoms with E-state index in [1.165, 1.54) is 0 Å². The maximum Gasteiger partial charge on any atom is 0.171 e. The van der Waals surface area contributed by atoms with Gasteiger partial charge < -0.3 is 4.57 Å². The van der Waals surface area contributed by atoms with E-state index < -0.39 is 7.14 Å². The van der Waals surface area contributed by atoms with Crippen LogP contribution in [0.3, 0.4) is 0 Å². The Hall–Kier alpha value is -2.63. The van der Waals surface area contributed by atoms with Gasteiger partial charge in [0.2, 0.25) is 0 Å². The zero-order valence-electron chi connectivity index (χ0n) is 14.1. The lowest BCUT2D eigenvalue weighted by Gasteiger charge is -2.22. The third-order valence-corrected chi connectivity index (χ3v) is 7.88. The highest BCUT2D eigenvalue weighted by Gasteiger charge is 2.30. The van der Waals surface area contributed by atoms with Crippen LogP contribution in [-0.4, -0.2) is 0 Å². The second-order valence-corrected chi connectivity index (χ2v) is 9.00. The van der Waals surface area contributed by atoms with Crippen molar-refractivity contribution in [3.63, 3.8) is 0 Å². The summed E-state index contributed by atoms with van der Waals surface area (Å²) in [5, 5.41) is 4.95.